The lowest BCUT2D eigenvalue weighted by Gasteiger charge is -2.22. The van der Waals surface area contributed by atoms with Crippen LogP contribution in [0.4, 0.5) is 5.69 Å². The van der Waals surface area contributed by atoms with Crippen molar-refractivity contribution < 1.29 is 9.90 Å². The Hall–Kier alpha value is -1.81. The maximum atomic E-state index is 11.0. The van der Waals surface area contributed by atoms with Crippen LogP contribution in [0.2, 0.25) is 0 Å². The number of aromatic nitrogens is 1. The normalized spacial score (nSPS) is 10.8. The molecule has 0 saturated heterocycles. The molecule has 0 aliphatic rings. The molecule has 0 unspecified atom stereocenters. The Morgan fingerprint density at radius 2 is 2.22 bits per heavy atom. The lowest BCUT2D eigenvalue weighted by Crippen LogP contribution is -2.25. The second-order valence-electron chi connectivity index (χ2n) is 4.32. The molecule has 1 aromatic carbocycles. The van der Waals surface area contributed by atoms with Crippen molar-refractivity contribution >= 4 is 22.9 Å². The van der Waals surface area contributed by atoms with Crippen LogP contribution in [-0.4, -0.2) is 35.7 Å². The van der Waals surface area contributed by atoms with Gasteiger partial charge in [-0.1, -0.05) is 0 Å². The molecule has 96 valence electrons. The number of rotatable bonds is 5. The van der Waals surface area contributed by atoms with Crippen molar-refractivity contribution in [2.75, 3.05) is 24.6 Å². The molecule has 0 radical (unpaired) electrons. The molecule has 4 heteroatoms. The van der Waals surface area contributed by atoms with E-state index in [1.807, 2.05) is 42.9 Å². The number of aliphatic hydroxyl groups is 1. The van der Waals surface area contributed by atoms with Crippen LogP contribution in [0.3, 0.4) is 0 Å². The van der Waals surface area contributed by atoms with Crippen LogP contribution < -0.4 is 4.90 Å². The molecule has 4 nitrogen and oxygen atoms in total. The Morgan fingerprint density at radius 3 is 2.83 bits per heavy atom. The number of nitrogens with zero attached hydrogens (tertiary/aromatic N) is 2. The van der Waals surface area contributed by atoms with Crippen LogP contribution in [0, 0.1) is 0 Å². The maximum absolute atomic E-state index is 11.0. The number of aldehydes is 1. The Kier molecular flexibility index (Phi) is 3.67. The topological polar surface area (TPSA) is 45.5 Å². The van der Waals surface area contributed by atoms with Crippen LogP contribution in [-0.2, 0) is 7.05 Å². The lowest BCUT2D eigenvalue weighted by atomic mass is 10.1. The van der Waals surface area contributed by atoms with Gasteiger partial charge in [0.25, 0.3) is 0 Å². The van der Waals surface area contributed by atoms with Crippen LogP contribution >= 0.6 is 0 Å². The number of aliphatic hydroxyl groups excluding tert-OH is 1. The van der Waals surface area contributed by atoms with Crippen molar-refractivity contribution in [1.29, 1.82) is 0 Å². The summed E-state index contributed by atoms with van der Waals surface area (Å²) in [7, 11) is 1.93. The van der Waals surface area contributed by atoms with E-state index in [2.05, 4.69) is 4.90 Å². The average molecular weight is 246 g/mol. The number of fused-ring (bicyclic) bond motifs is 1. The fourth-order valence-electron chi connectivity index (χ4n) is 2.29. The number of hydrogen-bond acceptors (Lipinski definition) is 3. The van der Waals surface area contributed by atoms with E-state index in [1.165, 1.54) is 0 Å². The van der Waals surface area contributed by atoms with E-state index >= 15 is 0 Å². The summed E-state index contributed by atoms with van der Waals surface area (Å²) in [4.78, 5) is 13.1. The number of anilines is 1. The zero-order valence-corrected chi connectivity index (χ0v) is 10.8. The predicted molar refractivity (Wildman–Crippen MR) is 73.3 cm³/mol. The Morgan fingerprint density at radius 1 is 1.44 bits per heavy atom. The van der Waals surface area contributed by atoms with E-state index in [-0.39, 0.29) is 6.61 Å². The fraction of sp³-hybridized carbons (Fsp3) is 0.357. The smallest absolute Gasteiger partial charge is 0.152 e. The second-order valence-corrected chi connectivity index (χ2v) is 4.32. The van der Waals surface area contributed by atoms with Gasteiger partial charge in [0.1, 0.15) is 0 Å². The van der Waals surface area contributed by atoms with E-state index in [1.54, 1.807) is 0 Å². The summed E-state index contributed by atoms with van der Waals surface area (Å²) in [6.07, 6.45) is 2.72. The molecule has 0 spiro atoms. The molecule has 18 heavy (non-hydrogen) atoms. The molecule has 0 bridgehead atoms. The molecule has 1 heterocycles. The number of carbonyl (C=O) groups excluding carboxylic acids is 1. The molecule has 2 aromatic rings. The molecule has 1 aromatic heterocycles. The van der Waals surface area contributed by atoms with E-state index in [0.717, 1.165) is 29.4 Å². The SMILES string of the molecule is CCN(CCO)c1ccc2c(c1)c(C=O)cn2C. The van der Waals surface area contributed by atoms with E-state index in [9.17, 15) is 4.79 Å². The first-order valence-electron chi connectivity index (χ1n) is 6.11. The molecule has 0 aliphatic carbocycles. The third-order valence-electron chi connectivity index (χ3n) is 3.25. The summed E-state index contributed by atoms with van der Waals surface area (Å²) in [5.74, 6) is 0. The standard InChI is InChI=1S/C14H18N2O2/c1-3-16(6-7-17)12-4-5-14-13(8-12)11(10-18)9-15(14)2/h4-5,8-10,17H,3,6-7H2,1-2H3. The number of likely N-dealkylation sites (N-methyl/N-ethyl adjacent to an activating group) is 1. The highest BCUT2D eigenvalue weighted by Gasteiger charge is 2.09. The fourth-order valence-corrected chi connectivity index (χ4v) is 2.29. The number of carbonyl (C=O) groups is 1. The first kappa shape index (κ1) is 12.6. The third-order valence-corrected chi connectivity index (χ3v) is 3.25. The highest BCUT2D eigenvalue weighted by molar-refractivity contribution is 5.99. The molecule has 2 rings (SSSR count). The summed E-state index contributed by atoms with van der Waals surface area (Å²) in [5.41, 5.74) is 2.78. The van der Waals surface area contributed by atoms with Crippen molar-refractivity contribution in [1.82, 2.24) is 4.57 Å². The quantitative estimate of drug-likeness (QED) is 0.818. The van der Waals surface area contributed by atoms with Gasteiger partial charge in [-0.25, -0.2) is 0 Å². The minimum absolute atomic E-state index is 0.126. The second kappa shape index (κ2) is 5.23. The van der Waals surface area contributed by atoms with Gasteiger partial charge in [0.15, 0.2) is 6.29 Å². The molecule has 0 atom stereocenters. The summed E-state index contributed by atoms with van der Waals surface area (Å²) in [5, 5.41) is 10.0. The minimum Gasteiger partial charge on any atom is -0.395 e. The number of benzene rings is 1. The van der Waals surface area contributed by atoms with E-state index in [4.69, 9.17) is 5.11 Å². The molecular weight excluding hydrogens is 228 g/mol. The first-order chi connectivity index (χ1) is 8.71. The first-order valence-corrected chi connectivity index (χ1v) is 6.11. The van der Waals surface area contributed by atoms with Gasteiger partial charge < -0.3 is 14.6 Å². The number of aryl methyl sites for hydroxylation is 1. The van der Waals surface area contributed by atoms with Gasteiger partial charge in [-0.15, -0.1) is 0 Å². The third kappa shape index (κ3) is 2.11. The van der Waals surface area contributed by atoms with Gasteiger partial charge in [0, 0.05) is 48.5 Å². The van der Waals surface area contributed by atoms with Crippen LogP contribution in [0.1, 0.15) is 17.3 Å². The maximum Gasteiger partial charge on any atom is 0.152 e. The van der Waals surface area contributed by atoms with Gasteiger partial charge in [-0.05, 0) is 25.1 Å². The minimum atomic E-state index is 0.126. The van der Waals surface area contributed by atoms with E-state index < -0.39 is 0 Å². The highest BCUT2D eigenvalue weighted by atomic mass is 16.3. The van der Waals surface area contributed by atoms with Gasteiger partial charge in [-0.2, -0.15) is 0 Å². The summed E-state index contributed by atoms with van der Waals surface area (Å²) in [6, 6.07) is 6.05. The monoisotopic (exact) mass is 246 g/mol. The van der Waals surface area contributed by atoms with Gasteiger partial charge in [0.2, 0.25) is 0 Å². The van der Waals surface area contributed by atoms with Crippen molar-refractivity contribution in [3.63, 3.8) is 0 Å². The summed E-state index contributed by atoms with van der Waals surface area (Å²) in [6.45, 7) is 3.60. The Balaban J connectivity index is 2.51. The van der Waals surface area contributed by atoms with Gasteiger partial charge in [-0.3, -0.25) is 4.79 Å². The predicted octanol–water partition coefficient (Wildman–Crippen LogP) is 1.81. The number of hydrogen-bond donors (Lipinski definition) is 1. The summed E-state index contributed by atoms with van der Waals surface area (Å²) < 4.78 is 1.95. The van der Waals surface area contributed by atoms with Gasteiger partial charge in [0.05, 0.1) is 6.61 Å². The van der Waals surface area contributed by atoms with Crippen molar-refractivity contribution in [3.05, 3.63) is 30.0 Å². The molecule has 0 aliphatic heterocycles. The zero-order valence-electron chi connectivity index (χ0n) is 10.8. The average Bonchev–Trinajstić information content (AvgIpc) is 2.72. The van der Waals surface area contributed by atoms with Crippen LogP contribution in [0.15, 0.2) is 24.4 Å². The molecular formula is C14H18N2O2. The summed E-state index contributed by atoms with van der Waals surface area (Å²) >= 11 is 0. The van der Waals surface area contributed by atoms with Crippen LogP contribution in [0.25, 0.3) is 10.9 Å². The molecule has 0 fully saturated rings. The van der Waals surface area contributed by atoms with Crippen LogP contribution in [0.5, 0.6) is 0 Å². The molecule has 1 N–H and O–H groups in total. The highest BCUT2D eigenvalue weighted by Crippen LogP contribution is 2.25. The van der Waals surface area contributed by atoms with Crippen molar-refractivity contribution in [2.45, 2.75) is 6.92 Å². The lowest BCUT2D eigenvalue weighted by molar-refractivity contribution is 0.112. The molecule has 0 saturated carbocycles. The van der Waals surface area contributed by atoms with Crippen molar-refractivity contribution in [2.24, 2.45) is 7.05 Å². The molecule has 0 amide bonds. The largest absolute Gasteiger partial charge is 0.395 e. The zero-order chi connectivity index (χ0) is 13.1. The Bertz CT molecular complexity index is 560. The van der Waals surface area contributed by atoms with Gasteiger partial charge >= 0.3 is 0 Å². The van der Waals surface area contributed by atoms with Crippen molar-refractivity contribution in [3.8, 4) is 0 Å². The Labute approximate surface area is 106 Å². The van der Waals surface area contributed by atoms with E-state index in [0.29, 0.717) is 12.1 Å².